The fourth-order valence-corrected chi connectivity index (χ4v) is 3.60. The number of amides is 1. The minimum Gasteiger partial charge on any atom is -0.388 e. The Hall–Kier alpha value is -1.67. The zero-order valence-corrected chi connectivity index (χ0v) is 15.2. The van der Waals surface area contributed by atoms with E-state index in [2.05, 4.69) is 26.6 Å². The summed E-state index contributed by atoms with van der Waals surface area (Å²) in [5, 5.41) is 5.47. The van der Waals surface area contributed by atoms with Gasteiger partial charge in [0.1, 0.15) is 0 Å². The van der Waals surface area contributed by atoms with Crippen LogP contribution in [0.2, 0.25) is 0 Å². The lowest BCUT2D eigenvalue weighted by atomic mass is 10.1. The fourth-order valence-electron chi connectivity index (χ4n) is 2.04. The van der Waals surface area contributed by atoms with Crippen molar-refractivity contribution in [2.75, 3.05) is 17.7 Å². The van der Waals surface area contributed by atoms with Gasteiger partial charge in [-0.3, -0.25) is 4.79 Å². The Kier molecular flexibility index (Phi) is 5.82. The molecule has 0 aliphatic carbocycles. The molecule has 128 valence electrons. The van der Waals surface area contributed by atoms with Gasteiger partial charge in [0, 0.05) is 27.7 Å². The molecule has 3 nitrogen and oxygen atoms in total. The van der Waals surface area contributed by atoms with Gasteiger partial charge >= 0.3 is 5.51 Å². The van der Waals surface area contributed by atoms with Crippen LogP contribution < -0.4 is 10.6 Å². The number of aryl methyl sites for hydroxylation is 1. The molecule has 0 bridgehead atoms. The molecule has 0 aliphatic rings. The summed E-state index contributed by atoms with van der Waals surface area (Å²) in [6.45, 7) is 1.69. The molecule has 8 heteroatoms. The van der Waals surface area contributed by atoms with Crippen molar-refractivity contribution in [3.8, 4) is 0 Å². The van der Waals surface area contributed by atoms with Gasteiger partial charge in [0.25, 0.3) is 5.91 Å². The third-order valence-electron chi connectivity index (χ3n) is 3.08. The first-order valence-electron chi connectivity index (χ1n) is 6.84. The summed E-state index contributed by atoms with van der Waals surface area (Å²) in [5.74, 6) is -0.485. The van der Waals surface area contributed by atoms with E-state index in [-0.39, 0.29) is 22.3 Å². The highest BCUT2D eigenvalue weighted by atomic mass is 79.9. The Bertz CT molecular complexity index is 765. The molecule has 2 N–H and O–H groups in total. The average Bonchev–Trinajstić information content (AvgIpc) is 2.49. The summed E-state index contributed by atoms with van der Waals surface area (Å²) in [7, 11) is 1.71. The van der Waals surface area contributed by atoms with Crippen LogP contribution in [0.1, 0.15) is 15.9 Å². The third-order valence-corrected chi connectivity index (χ3v) is 4.47. The molecule has 1 amide bonds. The lowest BCUT2D eigenvalue weighted by molar-refractivity contribution is -0.0328. The van der Waals surface area contributed by atoms with E-state index in [9.17, 15) is 18.0 Å². The zero-order chi connectivity index (χ0) is 17.9. The highest BCUT2D eigenvalue weighted by Gasteiger charge is 2.31. The van der Waals surface area contributed by atoms with E-state index in [4.69, 9.17) is 0 Å². The van der Waals surface area contributed by atoms with E-state index >= 15 is 0 Å². The second-order valence-electron chi connectivity index (χ2n) is 4.95. The Labute approximate surface area is 150 Å². The van der Waals surface area contributed by atoms with Gasteiger partial charge < -0.3 is 10.6 Å². The molecule has 2 aromatic carbocycles. The summed E-state index contributed by atoms with van der Waals surface area (Å²) in [4.78, 5) is 12.3. The van der Waals surface area contributed by atoms with E-state index < -0.39 is 11.4 Å². The van der Waals surface area contributed by atoms with Crippen LogP contribution in [0.4, 0.5) is 24.5 Å². The van der Waals surface area contributed by atoms with E-state index in [1.807, 2.05) is 0 Å². The quantitative estimate of drug-likeness (QED) is 0.629. The van der Waals surface area contributed by atoms with E-state index in [1.165, 1.54) is 6.07 Å². The highest BCUT2D eigenvalue weighted by molar-refractivity contribution is 9.10. The maximum Gasteiger partial charge on any atom is 0.446 e. The largest absolute Gasteiger partial charge is 0.446 e. The number of nitrogens with one attached hydrogen (secondary N) is 2. The van der Waals surface area contributed by atoms with E-state index in [0.29, 0.717) is 15.6 Å². The Morgan fingerprint density at radius 2 is 1.92 bits per heavy atom. The van der Waals surface area contributed by atoms with Gasteiger partial charge in [0.05, 0.1) is 5.69 Å². The normalized spacial score (nSPS) is 11.2. The summed E-state index contributed by atoms with van der Waals surface area (Å²) in [6, 6.07) is 9.73. The van der Waals surface area contributed by atoms with E-state index in [1.54, 1.807) is 44.3 Å². The smallest absolute Gasteiger partial charge is 0.388 e. The first-order valence-corrected chi connectivity index (χ1v) is 8.45. The van der Waals surface area contributed by atoms with Crippen molar-refractivity contribution in [2.24, 2.45) is 0 Å². The molecule has 2 rings (SSSR count). The molecule has 0 saturated heterocycles. The van der Waals surface area contributed by atoms with Crippen molar-refractivity contribution in [2.45, 2.75) is 17.3 Å². The number of alkyl halides is 3. The molecule has 0 fully saturated rings. The topological polar surface area (TPSA) is 41.1 Å². The summed E-state index contributed by atoms with van der Waals surface area (Å²) in [5.41, 5.74) is -2.61. The number of hydrogen-bond acceptors (Lipinski definition) is 3. The van der Waals surface area contributed by atoms with E-state index in [0.717, 1.165) is 5.69 Å². The van der Waals surface area contributed by atoms with Crippen LogP contribution in [0.15, 0.2) is 45.8 Å². The van der Waals surface area contributed by atoms with Gasteiger partial charge in [-0.15, -0.1) is 0 Å². The molecule has 24 heavy (non-hydrogen) atoms. The zero-order valence-electron chi connectivity index (χ0n) is 12.8. The number of anilines is 2. The molecule has 0 radical (unpaired) electrons. The molecule has 0 atom stereocenters. The number of thioether (sulfide) groups is 1. The van der Waals surface area contributed by atoms with Gasteiger partial charge in [-0.25, -0.2) is 0 Å². The Balaban J connectivity index is 2.35. The van der Waals surface area contributed by atoms with Gasteiger partial charge in [0.15, 0.2) is 0 Å². The van der Waals surface area contributed by atoms with Crippen LogP contribution in [-0.2, 0) is 0 Å². The first kappa shape index (κ1) is 18.7. The summed E-state index contributed by atoms with van der Waals surface area (Å²) < 4.78 is 38.7. The third kappa shape index (κ3) is 4.91. The summed E-state index contributed by atoms with van der Waals surface area (Å²) in [6.07, 6.45) is 0. The van der Waals surface area contributed by atoms with Crippen molar-refractivity contribution in [3.63, 3.8) is 0 Å². The molecule has 2 aromatic rings. The Morgan fingerprint density at radius 3 is 2.54 bits per heavy atom. The molecule has 0 spiro atoms. The average molecular weight is 419 g/mol. The summed E-state index contributed by atoms with van der Waals surface area (Å²) >= 11 is 2.97. The molecule has 0 heterocycles. The van der Waals surface area contributed by atoms with Crippen molar-refractivity contribution >= 4 is 45.0 Å². The van der Waals surface area contributed by atoms with Crippen molar-refractivity contribution in [3.05, 3.63) is 52.0 Å². The first-order chi connectivity index (χ1) is 11.2. The second kappa shape index (κ2) is 7.48. The van der Waals surface area contributed by atoms with Gasteiger partial charge in [0.2, 0.25) is 0 Å². The lowest BCUT2D eigenvalue weighted by Gasteiger charge is -2.15. The van der Waals surface area contributed by atoms with Crippen LogP contribution in [0.25, 0.3) is 0 Å². The van der Waals surface area contributed by atoms with Crippen molar-refractivity contribution < 1.29 is 18.0 Å². The molecule has 0 aliphatic heterocycles. The van der Waals surface area contributed by atoms with Gasteiger partial charge in [-0.05, 0) is 70.5 Å². The predicted octanol–water partition coefficient (Wildman–Crippen LogP) is 5.66. The van der Waals surface area contributed by atoms with Crippen LogP contribution in [0.5, 0.6) is 0 Å². The monoisotopic (exact) mass is 418 g/mol. The van der Waals surface area contributed by atoms with Crippen LogP contribution in [0.3, 0.4) is 0 Å². The fraction of sp³-hybridized carbons (Fsp3) is 0.188. The number of benzene rings is 2. The highest BCUT2D eigenvalue weighted by Crippen LogP contribution is 2.43. The molecular weight excluding hydrogens is 405 g/mol. The predicted molar refractivity (Wildman–Crippen MR) is 94.7 cm³/mol. The standard InChI is InChI=1S/C16H14BrF3N2OS/c1-9-6-12(17)14(13(7-9)24-16(18,19)20)22-15(23)10-4-3-5-11(8-10)21-2/h3-8,21H,1-2H3,(H,22,23). The van der Waals surface area contributed by atoms with Crippen LogP contribution in [0, 0.1) is 6.92 Å². The minimum absolute atomic E-state index is 0.0625. The van der Waals surface area contributed by atoms with Crippen LogP contribution in [-0.4, -0.2) is 18.5 Å². The Morgan fingerprint density at radius 1 is 1.21 bits per heavy atom. The van der Waals surface area contributed by atoms with Crippen molar-refractivity contribution in [1.82, 2.24) is 0 Å². The molecular formula is C16H14BrF3N2OS. The second-order valence-corrected chi connectivity index (χ2v) is 6.91. The molecule has 0 aromatic heterocycles. The maximum absolute atomic E-state index is 12.8. The van der Waals surface area contributed by atoms with Crippen LogP contribution >= 0.6 is 27.7 Å². The molecule has 0 unspecified atom stereocenters. The van der Waals surface area contributed by atoms with Crippen molar-refractivity contribution in [1.29, 1.82) is 0 Å². The van der Waals surface area contributed by atoms with Gasteiger partial charge in [-0.1, -0.05) is 6.07 Å². The number of rotatable bonds is 4. The van der Waals surface area contributed by atoms with Gasteiger partial charge in [-0.2, -0.15) is 13.2 Å². The number of halogens is 4. The number of hydrogen-bond donors (Lipinski definition) is 2. The number of carbonyl (C=O) groups is 1. The molecule has 0 saturated carbocycles. The minimum atomic E-state index is -4.45. The lowest BCUT2D eigenvalue weighted by Crippen LogP contribution is -2.14. The SMILES string of the molecule is CNc1cccc(C(=O)Nc2c(Br)cc(C)cc2SC(F)(F)F)c1. The maximum atomic E-state index is 12.8. The number of carbonyl (C=O) groups excluding carboxylic acids is 1.